The number of nitrogens with zero attached hydrogens (tertiary/aromatic N) is 1. The standard InChI is InChI=1S/C19H31N3O2/c1-19(2,16-9-12-20-13-10-16)14-22-18(24)21-11-5-7-15-6-3-4-8-17(15)23/h9-10,12-13,15,17,23H,3-8,11,14H2,1-2H3,(H2,21,22,24). The molecule has 1 fully saturated rings. The molecule has 1 aromatic heterocycles. The van der Waals surface area contributed by atoms with Gasteiger partial charge in [0.15, 0.2) is 0 Å². The molecular weight excluding hydrogens is 302 g/mol. The monoisotopic (exact) mass is 333 g/mol. The Hall–Kier alpha value is -1.62. The summed E-state index contributed by atoms with van der Waals surface area (Å²) in [6.45, 7) is 5.44. The predicted octanol–water partition coefficient (Wildman–Crippen LogP) is 2.99. The van der Waals surface area contributed by atoms with E-state index in [1.54, 1.807) is 12.4 Å². The van der Waals surface area contributed by atoms with E-state index in [-0.39, 0.29) is 17.6 Å². The van der Waals surface area contributed by atoms with Gasteiger partial charge in [-0.05, 0) is 49.3 Å². The molecule has 0 spiro atoms. The van der Waals surface area contributed by atoms with Crippen LogP contribution >= 0.6 is 0 Å². The lowest BCUT2D eigenvalue weighted by Crippen LogP contribution is -2.42. The Labute approximate surface area is 145 Å². The molecule has 5 nitrogen and oxygen atoms in total. The molecule has 1 aliphatic rings. The number of pyridine rings is 1. The average molecular weight is 333 g/mol. The van der Waals surface area contributed by atoms with E-state index >= 15 is 0 Å². The zero-order chi connectivity index (χ0) is 17.4. The minimum atomic E-state index is -0.145. The van der Waals surface area contributed by atoms with Crippen LogP contribution in [-0.2, 0) is 5.41 Å². The Balaban J connectivity index is 1.63. The van der Waals surface area contributed by atoms with Gasteiger partial charge in [-0.25, -0.2) is 4.79 Å². The molecule has 2 unspecified atom stereocenters. The lowest BCUT2D eigenvalue weighted by atomic mass is 9.83. The first-order valence-corrected chi connectivity index (χ1v) is 9.09. The molecule has 1 aliphatic carbocycles. The normalized spacial score (nSPS) is 21.3. The van der Waals surface area contributed by atoms with Crippen molar-refractivity contribution in [2.75, 3.05) is 13.1 Å². The van der Waals surface area contributed by atoms with Crippen molar-refractivity contribution in [2.24, 2.45) is 5.92 Å². The first-order valence-electron chi connectivity index (χ1n) is 9.09. The van der Waals surface area contributed by atoms with Crippen molar-refractivity contribution in [1.82, 2.24) is 15.6 Å². The molecule has 0 saturated heterocycles. The van der Waals surface area contributed by atoms with E-state index in [9.17, 15) is 9.90 Å². The van der Waals surface area contributed by atoms with Crippen LogP contribution in [0.5, 0.6) is 0 Å². The summed E-state index contributed by atoms with van der Waals surface area (Å²) in [5, 5.41) is 15.8. The van der Waals surface area contributed by atoms with Gasteiger partial charge in [0.1, 0.15) is 0 Å². The Bertz CT molecular complexity index is 505. The maximum absolute atomic E-state index is 12.0. The molecule has 134 valence electrons. The first-order chi connectivity index (χ1) is 11.5. The lowest BCUT2D eigenvalue weighted by molar-refractivity contribution is 0.0644. The number of amides is 2. The van der Waals surface area contributed by atoms with Crippen LogP contribution in [0, 0.1) is 5.92 Å². The summed E-state index contributed by atoms with van der Waals surface area (Å²) in [5.74, 6) is 0.411. The van der Waals surface area contributed by atoms with Crippen molar-refractivity contribution in [3.05, 3.63) is 30.1 Å². The van der Waals surface area contributed by atoms with Gasteiger partial charge >= 0.3 is 6.03 Å². The molecular formula is C19H31N3O2. The van der Waals surface area contributed by atoms with E-state index in [0.29, 0.717) is 19.0 Å². The highest BCUT2D eigenvalue weighted by atomic mass is 16.3. The van der Waals surface area contributed by atoms with Crippen LogP contribution in [0.4, 0.5) is 4.79 Å². The van der Waals surface area contributed by atoms with Crippen molar-refractivity contribution in [2.45, 2.75) is 63.9 Å². The number of carbonyl (C=O) groups excluding carboxylic acids is 1. The van der Waals surface area contributed by atoms with Gasteiger partial charge in [-0.2, -0.15) is 0 Å². The van der Waals surface area contributed by atoms with Gasteiger partial charge in [0.2, 0.25) is 0 Å². The van der Waals surface area contributed by atoms with E-state index in [2.05, 4.69) is 29.5 Å². The molecule has 2 atom stereocenters. The minimum Gasteiger partial charge on any atom is -0.393 e. The number of carbonyl (C=O) groups is 1. The summed E-state index contributed by atoms with van der Waals surface area (Å²) in [6, 6.07) is 3.84. The molecule has 3 N–H and O–H groups in total. The fourth-order valence-corrected chi connectivity index (χ4v) is 3.36. The summed E-state index contributed by atoms with van der Waals surface area (Å²) in [6.07, 6.45) is 9.73. The topological polar surface area (TPSA) is 74.2 Å². The highest BCUT2D eigenvalue weighted by Gasteiger charge is 2.23. The zero-order valence-corrected chi connectivity index (χ0v) is 14.9. The number of rotatable bonds is 7. The maximum atomic E-state index is 12.0. The number of aliphatic hydroxyl groups excluding tert-OH is 1. The van der Waals surface area contributed by atoms with Gasteiger partial charge in [-0.3, -0.25) is 4.98 Å². The summed E-state index contributed by atoms with van der Waals surface area (Å²) in [5.41, 5.74) is 1.02. The number of nitrogens with one attached hydrogen (secondary N) is 2. The van der Waals surface area contributed by atoms with Crippen LogP contribution in [0.1, 0.15) is 57.9 Å². The van der Waals surface area contributed by atoms with Crippen LogP contribution in [-0.4, -0.2) is 35.3 Å². The van der Waals surface area contributed by atoms with E-state index in [1.807, 2.05) is 12.1 Å². The largest absolute Gasteiger partial charge is 0.393 e. The van der Waals surface area contributed by atoms with E-state index in [4.69, 9.17) is 0 Å². The second kappa shape index (κ2) is 9.02. The molecule has 1 aromatic rings. The second-order valence-corrected chi connectivity index (χ2v) is 7.48. The number of aliphatic hydroxyl groups is 1. The van der Waals surface area contributed by atoms with Gasteiger partial charge in [0.05, 0.1) is 6.10 Å². The summed E-state index contributed by atoms with van der Waals surface area (Å²) in [4.78, 5) is 16.0. The Kier molecular flexibility index (Phi) is 7.03. The molecule has 5 heteroatoms. The predicted molar refractivity (Wildman–Crippen MR) is 95.9 cm³/mol. The highest BCUT2D eigenvalue weighted by molar-refractivity contribution is 5.73. The summed E-state index contributed by atoms with van der Waals surface area (Å²) in [7, 11) is 0. The van der Waals surface area contributed by atoms with Crippen molar-refractivity contribution >= 4 is 6.03 Å². The second-order valence-electron chi connectivity index (χ2n) is 7.48. The van der Waals surface area contributed by atoms with Crippen LogP contribution in [0.2, 0.25) is 0 Å². The minimum absolute atomic E-state index is 0.124. The third kappa shape index (κ3) is 5.78. The van der Waals surface area contributed by atoms with Gasteiger partial charge in [-0.1, -0.05) is 26.7 Å². The lowest BCUT2D eigenvalue weighted by Gasteiger charge is -2.27. The van der Waals surface area contributed by atoms with Crippen LogP contribution < -0.4 is 10.6 Å². The SMILES string of the molecule is CC(C)(CNC(=O)NCCCC1CCCCC1O)c1ccncc1. The summed E-state index contributed by atoms with van der Waals surface area (Å²) >= 11 is 0. The molecule has 2 amide bonds. The Morgan fingerprint density at radius 3 is 2.67 bits per heavy atom. The summed E-state index contributed by atoms with van der Waals surface area (Å²) < 4.78 is 0. The zero-order valence-electron chi connectivity index (χ0n) is 14.9. The fourth-order valence-electron chi connectivity index (χ4n) is 3.36. The molecule has 2 rings (SSSR count). The van der Waals surface area contributed by atoms with Crippen molar-refractivity contribution in [3.8, 4) is 0 Å². The van der Waals surface area contributed by atoms with Crippen molar-refractivity contribution in [3.63, 3.8) is 0 Å². The smallest absolute Gasteiger partial charge is 0.314 e. The molecule has 0 radical (unpaired) electrons. The molecule has 0 aliphatic heterocycles. The molecule has 0 aromatic carbocycles. The van der Waals surface area contributed by atoms with Gasteiger partial charge in [0, 0.05) is 30.9 Å². The molecule has 24 heavy (non-hydrogen) atoms. The van der Waals surface area contributed by atoms with E-state index < -0.39 is 0 Å². The first kappa shape index (κ1) is 18.7. The van der Waals surface area contributed by atoms with Gasteiger partial charge in [-0.15, -0.1) is 0 Å². The number of urea groups is 1. The Morgan fingerprint density at radius 2 is 1.96 bits per heavy atom. The van der Waals surface area contributed by atoms with Gasteiger partial charge in [0.25, 0.3) is 0 Å². The quantitative estimate of drug-likeness (QED) is 0.672. The molecule has 1 heterocycles. The average Bonchev–Trinajstić information content (AvgIpc) is 2.59. The highest BCUT2D eigenvalue weighted by Crippen LogP contribution is 2.27. The third-order valence-electron chi connectivity index (χ3n) is 5.06. The van der Waals surface area contributed by atoms with Gasteiger partial charge < -0.3 is 15.7 Å². The number of hydrogen-bond donors (Lipinski definition) is 3. The van der Waals surface area contributed by atoms with E-state index in [0.717, 1.165) is 37.7 Å². The van der Waals surface area contributed by atoms with Crippen molar-refractivity contribution in [1.29, 1.82) is 0 Å². The Morgan fingerprint density at radius 1 is 1.25 bits per heavy atom. The molecule has 0 bridgehead atoms. The maximum Gasteiger partial charge on any atom is 0.314 e. The number of hydrogen-bond acceptors (Lipinski definition) is 3. The van der Waals surface area contributed by atoms with E-state index in [1.165, 1.54) is 6.42 Å². The third-order valence-corrected chi connectivity index (χ3v) is 5.06. The molecule has 1 saturated carbocycles. The fraction of sp³-hybridized carbons (Fsp3) is 0.684. The van der Waals surface area contributed by atoms with Crippen LogP contribution in [0.15, 0.2) is 24.5 Å². The van der Waals surface area contributed by atoms with Crippen molar-refractivity contribution < 1.29 is 9.90 Å². The number of aromatic nitrogens is 1. The van der Waals surface area contributed by atoms with Crippen LogP contribution in [0.25, 0.3) is 0 Å². The van der Waals surface area contributed by atoms with Crippen LogP contribution in [0.3, 0.4) is 0 Å².